The molecule has 0 aromatic carbocycles. The summed E-state index contributed by atoms with van der Waals surface area (Å²) in [7, 11) is 1.75. The molecule has 1 unspecified atom stereocenters. The third-order valence-electron chi connectivity index (χ3n) is 3.20. The maximum atomic E-state index is 9.23. The predicted octanol–water partition coefficient (Wildman–Crippen LogP) is 2.96. The standard InChI is InChI=1S/C14H26N2OS/c1-14(12-15,16-13-6-7-13)8-3-4-10-18-11-5-9-17-2/h13,16H,3-11H2,1-2H3. The number of unbranched alkanes of at least 4 members (excludes halogenated alkanes) is 1. The highest BCUT2D eigenvalue weighted by Crippen LogP contribution is 2.25. The van der Waals surface area contributed by atoms with Crippen LogP contribution in [0.3, 0.4) is 0 Å². The van der Waals surface area contributed by atoms with Gasteiger partial charge in [-0.3, -0.25) is 5.32 Å². The van der Waals surface area contributed by atoms with Gasteiger partial charge in [-0.15, -0.1) is 0 Å². The van der Waals surface area contributed by atoms with E-state index in [0.717, 1.165) is 25.9 Å². The molecule has 104 valence electrons. The Hall–Kier alpha value is -0.240. The molecule has 1 atom stereocenters. The number of nitrogens with zero attached hydrogens (tertiary/aromatic N) is 1. The summed E-state index contributed by atoms with van der Waals surface area (Å²) < 4.78 is 5.01. The van der Waals surface area contributed by atoms with Crippen LogP contribution in [0.5, 0.6) is 0 Å². The van der Waals surface area contributed by atoms with Gasteiger partial charge in [0.2, 0.25) is 0 Å². The molecule has 1 aliphatic rings. The average molecular weight is 270 g/mol. The van der Waals surface area contributed by atoms with Gasteiger partial charge < -0.3 is 4.74 Å². The molecule has 0 saturated heterocycles. The Kier molecular flexibility index (Phi) is 7.73. The van der Waals surface area contributed by atoms with E-state index in [1.807, 2.05) is 18.7 Å². The number of hydrogen-bond acceptors (Lipinski definition) is 4. The molecule has 1 N–H and O–H groups in total. The Morgan fingerprint density at radius 1 is 1.33 bits per heavy atom. The zero-order valence-corrected chi connectivity index (χ0v) is 12.5. The molecular weight excluding hydrogens is 244 g/mol. The van der Waals surface area contributed by atoms with Crippen molar-refractivity contribution in [2.75, 3.05) is 25.2 Å². The van der Waals surface area contributed by atoms with Gasteiger partial charge >= 0.3 is 0 Å². The topological polar surface area (TPSA) is 45.0 Å². The molecule has 0 aromatic rings. The average Bonchev–Trinajstić information content (AvgIpc) is 3.16. The lowest BCUT2D eigenvalue weighted by molar-refractivity contribution is 0.200. The van der Waals surface area contributed by atoms with E-state index in [1.54, 1.807) is 7.11 Å². The van der Waals surface area contributed by atoms with Crippen LogP contribution < -0.4 is 5.32 Å². The Bertz CT molecular complexity index is 263. The number of hydrogen-bond donors (Lipinski definition) is 1. The Morgan fingerprint density at radius 2 is 2.06 bits per heavy atom. The van der Waals surface area contributed by atoms with Gasteiger partial charge in [-0.05, 0) is 57.0 Å². The molecule has 0 aliphatic heterocycles. The normalized spacial score (nSPS) is 18.3. The summed E-state index contributed by atoms with van der Waals surface area (Å²) in [6, 6.07) is 3.04. The third-order valence-corrected chi connectivity index (χ3v) is 4.35. The molecule has 18 heavy (non-hydrogen) atoms. The van der Waals surface area contributed by atoms with Gasteiger partial charge in [0, 0.05) is 19.8 Å². The summed E-state index contributed by atoms with van der Waals surface area (Å²) in [5.74, 6) is 2.39. The Labute approximate surface area is 116 Å². The molecule has 1 aliphatic carbocycles. The van der Waals surface area contributed by atoms with Crippen molar-refractivity contribution < 1.29 is 4.74 Å². The molecule has 0 spiro atoms. The molecule has 0 bridgehead atoms. The van der Waals surface area contributed by atoms with Crippen LogP contribution in [0.2, 0.25) is 0 Å². The van der Waals surface area contributed by atoms with Crippen LogP contribution in [0, 0.1) is 11.3 Å². The zero-order valence-electron chi connectivity index (χ0n) is 11.7. The van der Waals surface area contributed by atoms with E-state index < -0.39 is 0 Å². The fourth-order valence-corrected chi connectivity index (χ4v) is 2.86. The Morgan fingerprint density at radius 3 is 2.67 bits per heavy atom. The fourth-order valence-electron chi connectivity index (χ4n) is 1.93. The number of rotatable bonds is 11. The van der Waals surface area contributed by atoms with Crippen LogP contribution in [0.4, 0.5) is 0 Å². The zero-order chi connectivity index (χ0) is 13.3. The molecule has 1 saturated carbocycles. The van der Waals surface area contributed by atoms with Crippen molar-refractivity contribution in [2.45, 2.75) is 57.0 Å². The second-order valence-corrected chi connectivity index (χ2v) is 6.50. The lowest BCUT2D eigenvalue weighted by Gasteiger charge is -2.23. The summed E-state index contributed by atoms with van der Waals surface area (Å²) >= 11 is 1.99. The van der Waals surface area contributed by atoms with Crippen molar-refractivity contribution in [2.24, 2.45) is 0 Å². The number of methoxy groups -OCH3 is 1. The smallest absolute Gasteiger partial charge is 0.104 e. The highest BCUT2D eigenvalue weighted by atomic mass is 32.2. The monoisotopic (exact) mass is 270 g/mol. The van der Waals surface area contributed by atoms with Gasteiger partial charge in [0.1, 0.15) is 5.54 Å². The van der Waals surface area contributed by atoms with E-state index in [4.69, 9.17) is 4.74 Å². The van der Waals surface area contributed by atoms with E-state index in [-0.39, 0.29) is 5.54 Å². The predicted molar refractivity (Wildman–Crippen MR) is 77.8 cm³/mol. The van der Waals surface area contributed by atoms with Crippen molar-refractivity contribution >= 4 is 11.8 Å². The SMILES string of the molecule is COCCCSCCCCC(C)(C#N)NC1CC1. The van der Waals surface area contributed by atoms with Crippen molar-refractivity contribution in [3.8, 4) is 6.07 Å². The second kappa shape index (κ2) is 8.79. The first-order valence-corrected chi connectivity index (χ1v) is 8.11. The minimum absolute atomic E-state index is 0.304. The van der Waals surface area contributed by atoms with E-state index >= 15 is 0 Å². The van der Waals surface area contributed by atoms with Crippen LogP contribution in [0.1, 0.15) is 45.4 Å². The maximum Gasteiger partial charge on any atom is 0.104 e. The van der Waals surface area contributed by atoms with Gasteiger partial charge in [-0.25, -0.2) is 0 Å². The summed E-state index contributed by atoms with van der Waals surface area (Å²) in [4.78, 5) is 0. The van der Waals surface area contributed by atoms with Gasteiger partial charge in [0.05, 0.1) is 6.07 Å². The lowest BCUT2D eigenvalue weighted by Crippen LogP contribution is -2.42. The summed E-state index contributed by atoms with van der Waals surface area (Å²) in [6.45, 7) is 2.90. The van der Waals surface area contributed by atoms with E-state index in [2.05, 4.69) is 11.4 Å². The summed E-state index contributed by atoms with van der Waals surface area (Å²) in [5.41, 5.74) is -0.304. The summed E-state index contributed by atoms with van der Waals surface area (Å²) in [5, 5.41) is 12.7. The quantitative estimate of drug-likeness (QED) is 0.586. The van der Waals surface area contributed by atoms with E-state index in [0.29, 0.717) is 6.04 Å². The molecule has 4 heteroatoms. The largest absolute Gasteiger partial charge is 0.385 e. The van der Waals surface area contributed by atoms with Crippen LogP contribution in [-0.2, 0) is 4.74 Å². The minimum Gasteiger partial charge on any atom is -0.385 e. The maximum absolute atomic E-state index is 9.23. The molecule has 1 fully saturated rings. The van der Waals surface area contributed by atoms with Gasteiger partial charge in [0.15, 0.2) is 0 Å². The fraction of sp³-hybridized carbons (Fsp3) is 0.929. The highest BCUT2D eigenvalue weighted by Gasteiger charge is 2.31. The van der Waals surface area contributed by atoms with Crippen LogP contribution in [0.15, 0.2) is 0 Å². The number of nitrogens with one attached hydrogen (secondary N) is 1. The number of ether oxygens (including phenoxy) is 1. The van der Waals surface area contributed by atoms with Crippen molar-refractivity contribution in [3.63, 3.8) is 0 Å². The third kappa shape index (κ3) is 7.25. The van der Waals surface area contributed by atoms with Crippen molar-refractivity contribution in [1.29, 1.82) is 5.26 Å². The molecular formula is C14H26N2OS. The molecule has 0 heterocycles. The molecule has 0 radical (unpaired) electrons. The molecule has 3 nitrogen and oxygen atoms in total. The molecule has 0 amide bonds. The van der Waals surface area contributed by atoms with Crippen molar-refractivity contribution in [3.05, 3.63) is 0 Å². The first-order valence-electron chi connectivity index (χ1n) is 6.96. The number of thioether (sulfide) groups is 1. The van der Waals surface area contributed by atoms with Crippen molar-refractivity contribution in [1.82, 2.24) is 5.32 Å². The van der Waals surface area contributed by atoms with Crippen LogP contribution in [0.25, 0.3) is 0 Å². The van der Waals surface area contributed by atoms with Gasteiger partial charge in [0.25, 0.3) is 0 Å². The molecule has 0 aromatic heterocycles. The number of nitriles is 1. The first kappa shape index (κ1) is 15.8. The van der Waals surface area contributed by atoms with Gasteiger partial charge in [-0.2, -0.15) is 17.0 Å². The first-order chi connectivity index (χ1) is 8.70. The lowest BCUT2D eigenvalue weighted by atomic mass is 9.96. The van der Waals surface area contributed by atoms with Gasteiger partial charge in [-0.1, -0.05) is 0 Å². The minimum atomic E-state index is -0.304. The Balaban J connectivity index is 1.96. The second-order valence-electron chi connectivity index (χ2n) is 5.28. The summed E-state index contributed by atoms with van der Waals surface area (Å²) in [6.07, 6.45) is 6.94. The highest BCUT2D eigenvalue weighted by molar-refractivity contribution is 7.99. The van der Waals surface area contributed by atoms with Crippen LogP contribution in [-0.4, -0.2) is 36.8 Å². The van der Waals surface area contributed by atoms with Crippen LogP contribution >= 0.6 is 11.8 Å². The van der Waals surface area contributed by atoms with E-state index in [1.165, 1.54) is 30.8 Å². The van der Waals surface area contributed by atoms with E-state index in [9.17, 15) is 5.26 Å². The molecule has 1 rings (SSSR count).